The van der Waals surface area contributed by atoms with Crippen molar-refractivity contribution in [2.45, 2.75) is 31.3 Å². The zero-order valence-electron chi connectivity index (χ0n) is 11.3. The van der Waals surface area contributed by atoms with Crippen LogP contribution in [-0.2, 0) is 14.6 Å². The number of rotatable bonds is 5. The van der Waals surface area contributed by atoms with Gasteiger partial charge in [0.2, 0.25) is 5.91 Å². The number of nitrogens with one attached hydrogen (secondary N) is 1. The monoisotopic (exact) mass is 296 g/mol. The second-order valence-corrected chi connectivity index (χ2v) is 7.45. The maximum atomic E-state index is 11.8. The summed E-state index contributed by atoms with van der Waals surface area (Å²) >= 11 is 0. The fraction of sp³-hybridized carbons (Fsp3) is 0.500. The highest BCUT2D eigenvalue weighted by molar-refractivity contribution is 7.91. The van der Waals surface area contributed by atoms with Crippen molar-refractivity contribution < 1.29 is 13.2 Å². The lowest BCUT2D eigenvalue weighted by molar-refractivity contribution is -0.121. The SMILES string of the molecule is NC(CCC(=O)NC1CCS(=O)(=O)C1)c1ccccc1. The van der Waals surface area contributed by atoms with E-state index in [4.69, 9.17) is 5.73 Å². The Morgan fingerprint density at radius 1 is 1.35 bits per heavy atom. The molecule has 20 heavy (non-hydrogen) atoms. The molecule has 0 radical (unpaired) electrons. The molecule has 1 aliphatic rings. The van der Waals surface area contributed by atoms with Crippen molar-refractivity contribution in [1.82, 2.24) is 5.32 Å². The van der Waals surface area contributed by atoms with Gasteiger partial charge in [0.15, 0.2) is 9.84 Å². The van der Waals surface area contributed by atoms with Gasteiger partial charge in [-0.25, -0.2) is 8.42 Å². The number of hydrogen-bond donors (Lipinski definition) is 2. The first-order valence-electron chi connectivity index (χ1n) is 6.76. The van der Waals surface area contributed by atoms with E-state index in [1.54, 1.807) is 0 Å². The fourth-order valence-electron chi connectivity index (χ4n) is 2.36. The Morgan fingerprint density at radius 3 is 2.65 bits per heavy atom. The maximum Gasteiger partial charge on any atom is 0.220 e. The van der Waals surface area contributed by atoms with E-state index < -0.39 is 9.84 Å². The van der Waals surface area contributed by atoms with Crippen molar-refractivity contribution in [3.8, 4) is 0 Å². The molecule has 110 valence electrons. The molecule has 2 atom stereocenters. The molecular weight excluding hydrogens is 276 g/mol. The number of amides is 1. The van der Waals surface area contributed by atoms with Gasteiger partial charge in [0.05, 0.1) is 11.5 Å². The molecule has 1 amide bonds. The summed E-state index contributed by atoms with van der Waals surface area (Å²) in [6.45, 7) is 0. The number of hydrogen-bond acceptors (Lipinski definition) is 4. The van der Waals surface area contributed by atoms with Gasteiger partial charge in [-0.05, 0) is 18.4 Å². The highest BCUT2D eigenvalue weighted by Gasteiger charge is 2.28. The minimum absolute atomic E-state index is 0.0590. The molecule has 1 aromatic carbocycles. The van der Waals surface area contributed by atoms with E-state index in [1.807, 2.05) is 30.3 Å². The number of benzene rings is 1. The van der Waals surface area contributed by atoms with Crippen LogP contribution in [0.3, 0.4) is 0 Å². The topological polar surface area (TPSA) is 89.3 Å². The average molecular weight is 296 g/mol. The summed E-state index contributed by atoms with van der Waals surface area (Å²) in [6.07, 6.45) is 1.38. The van der Waals surface area contributed by atoms with Crippen LogP contribution in [0.4, 0.5) is 0 Å². The standard InChI is InChI=1S/C14H20N2O3S/c15-13(11-4-2-1-3-5-11)6-7-14(17)16-12-8-9-20(18,19)10-12/h1-5,12-13H,6-10,15H2,(H,16,17). The summed E-state index contributed by atoms with van der Waals surface area (Å²) in [5, 5.41) is 2.77. The third-order valence-corrected chi connectivity index (χ3v) is 5.28. The van der Waals surface area contributed by atoms with E-state index in [0.29, 0.717) is 19.3 Å². The Hall–Kier alpha value is -1.40. The molecule has 0 saturated carbocycles. The van der Waals surface area contributed by atoms with Crippen LogP contribution >= 0.6 is 0 Å². The van der Waals surface area contributed by atoms with Crippen molar-refractivity contribution >= 4 is 15.7 Å². The van der Waals surface area contributed by atoms with E-state index in [0.717, 1.165) is 5.56 Å². The Labute approximate surface area is 119 Å². The van der Waals surface area contributed by atoms with Gasteiger partial charge in [-0.3, -0.25) is 4.79 Å². The van der Waals surface area contributed by atoms with Gasteiger partial charge >= 0.3 is 0 Å². The van der Waals surface area contributed by atoms with Crippen molar-refractivity contribution in [3.05, 3.63) is 35.9 Å². The second kappa shape index (κ2) is 6.37. The van der Waals surface area contributed by atoms with Gasteiger partial charge in [0.1, 0.15) is 0 Å². The zero-order valence-corrected chi connectivity index (χ0v) is 12.1. The third kappa shape index (κ3) is 4.31. The van der Waals surface area contributed by atoms with E-state index in [9.17, 15) is 13.2 Å². The molecule has 5 nitrogen and oxygen atoms in total. The average Bonchev–Trinajstić information content (AvgIpc) is 2.76. The summed E-state index contributed by atoms with van der Waals surface area (Å²) in [7, 11) is -2.95. The first-order chi connectivity index (χ1) is 9.46. The Morgan fingerprint density at radius 2 is 2.05 bits per heavy atom. The van der Waals surface area contributed by atoms with Gasteiger partial charge < -0.3 is 11.1 Å². The van der Waals surface area contributed by atoms with Gasteiger partial charge in [-0.15, -0.1) is 0 Å². The Balaban J connectivity index is 1.76. The van der Waals surface area contributed by atoms with E-state index in [1.165, 1.54) is 0 Å². The van der Waals surface area contributed by atoms with Gasteiger partial charge in [-0.2, -0.15) is 0 Å². The predicted molar refractivity (Wildman–Crippen MR) is 77.8 cm³/mol. The highest BCUT2D eigenvalue weighted by Crippen LogP contribution is 2.16. The molecule has 0 aliphatic carbocycles. The molecule has 3 N–H and O–H groups in total. The van der Waals surface area contributed by atoms with Crippen molar-refractivity contribution in [2.24, 2.45) is 5.73 Å². The summed E-state index contributed by atoms with van der Waals surface area (Å²) < 4.78 is 22.6. The predicted octanol–water partition coefficient (Wildman–Crippen LogP) is 0.770. The molecule has 1 fully saturated rings. The molecule has 2 rings (SSSR count). The molecule has 0 aromatic heterocycles. The van der Waals surface area contributed by atoms with Crippen LogP contribution < -0.4 is 11.1 Å². The molecule has 1 aromatic rings. The lowest BCUT2D eigenvalue weighted by Gasteiger charge is -2.14. The molecular formula is C14H20N2O3S. The molecule has 6 heteroatoms. The molecule has 1 aliphatic heterocycles. The first-order valence-corrected chi connectivity index (χ1v) is 8.59. The summed E-state index contributed by atoms with van der Waals surface area (Å²) in [6, 6.07) is 9.22. The van der Waals surface area contributed by atoms with Crippen molar-refractivity contribution in [3.63, 3.8) is 0 Å². The van der Waals surface area contributed by atoms with Crippen LogP contribution in [0.5, 0.6) is 0 Å². The number of nitrogens with two attached hydrogens (primary N) is 1. The summed E-state index contributed by atoms with van der Waals surface area (Å²) in [4.78, 5) is 11.8. The fourth-order valence-corrected chi connectivity index (χ4v) is 4.04. The molecule has 1 heterocycles. The third-order valence-electron chi connectivity index (χ3n) is 3.51. The van der Waals surface area contributed by atoms with Crippen molar-refractivity contribution in [2.75, 3.05) is 11.5 Å². The first kappa shape index (κ1) is 15.0. The Kier molecular flexibility index (Phi) is 4.77. The van der Waals surface area contributed by atoms with E-state index in [2.05, 4.69) is 5.32 Å². The maximum absolute atomic E-state index is 11.8. The van der Waals surface area contributed by atoms with Crippen LogP contribution in [0.2, 0.25) is 0 Å². The lowest BCUT2D eigenvalue weighted by atomic mass is 10.0. The molecule has 1 saturated heterocycles. The molecule has 2 unspecified atom stereocenters. The van der Waals surface area contributed by atoms with Crippen LogP contribution in [0.15, 0.2) is 30.3 Å². The zero-order chi connectivity index (χ0) is 14.6. The van der Waals surface area contributed by atoms with Gasteiger partial charge in [-0.1, -0.05) is 30.3 Å². The molecule has 0 bridgehead atoms. The minimum atomic E-state index is -2.95. The number of sulfone groups is 1. The second-order valence-electron chi connectivity index (χ2n) is 5.22. The van der Waals surface area contributed by atoms with Crippen LogP contribution in [0.25, 0.3) is 0 Å². The van der Waals surface area contributed by atoms with E-state index >= 15 is 0 Å². The highest BCUT2D eigenvalue weighted by atomic mass is 32.2. The summed E-state index contributed by atoms with van der Waals surface area (Å²) in [5.41, 5.74) is 7.02. The van der Waals surface area contributed by atoms with Crippen LogP contribution in [-0.4, -0.2) is 31.9 Å². The van der Waals surface area contributed by atoms with E-state index in [-0.39, 0.29) is 29.5 Å². The van der Waals surface area contributed by atoms with Gasteiger partial charge in [0, 0.05) is 18.5 Å². The molecule has 0 spiro atoms. The Bertz CT molecular complexity index is 557. The lowest BCUT2D eigenvalue weighted by Crippen LogP contribution is -2.35. The number of carbonyl (C=O) groups is 1. The van der Waals surface area contributed by atoms with Crippen LogP contribution in [0.1, 0.15) is 30.9 Å². The largest absolute Gasteiger partial charge is 0.352 e. The quantitative estimate of drug-likeness (QED) is 0.840. The number of carbonyl (C=O) groups excluding carboxylic acids is 1. The van der Waals surface area contributed by atoms with Crippen molar-refractivity contribution in [1.29, 1.82) is 0 Å². The normalized spacial score (nSPS) is 22.4. The van der Waals surface area contributed by atoms with Crippen LogP contribution in [0, 0.1) is 0 Å². The minimum Gasteiger partial charge on any atom is -0.352 e. The summed E-state index contributed by atoms with van der Waals surface area (Å²) in [5.74, 6) is 0.101. The smallest absolute Gasteiger partial charge is 0.220 e. The van der Waals surface area contributed by atoms with Gasteiger partial charge in [0.25, 0.3) is 0 Å².